The minimum Gasteiger partial charge on any atom is -0.496 e. The van der Waals surface area contributed by atoms with Gasteiger partial charge in [-0.05, 0) is 36.1 Å². The minimum atomic E-state index is -5.08. The average molecular weight is 455 g/mol. The molecule has 1 atom stereocenters. The van der Waals surface area contributed by atoms with Crippen LogP contribution in [0.15, 0.2) is 48.1 Å². The number of nitrogens with one attached hydrogen (secondary N) is 2. The summed E-state index contributed by atoms with van der Waals surface area (Å²) in [6, 6.07) is 9.68. The summed E-state index contributed by atoms with van der Waals surface area (Å²) >= 11 is 1.70. The van der Waals surface area contributed by atoms with Crippen LogP contribution in [-0.4, -0.2) is 46.5 Å². The lowest BCUT2D eigenvalue weighted by Gasteiger charge is -2.15. The fraction of sp³-hybridized carbons (Fsp3) is 0.250. The van der Waals surface area contributed by atoms with Crippen molar-refractivity contribution < 1.29 is 32.6 Å². The zero-order valence-electron chi connectivity index (χ0n) is 16.6. The Morgan fingerprint density at radius 2 is 2.00 bits per heavy atom. The smallest absolute Gasteiger partial charge is 0.490 e. The summed E-state index contributed by atoms with van der Waals surface area (Å²) in [5.74, 6) is -2.34. The minimum absolute atomic E-state index is 0.0504. The van der Waals surface area contributed by atoms with E-state index < -0.39 is 12.1 Å². The Kier molecular flexibility index (Phi) is 8.20. The third-order valence-corrected chi connectivity index (χ3v) is 4.88. The predicted octanol–water partition coefficient (Wildman–Crippen LogP) is 4.14. The molecule has 0 fully saturated rings. The number of ether oxygens (including phenoxy) is 1. The van der Waals surface area contributed by atoms with E-state index in [0.29, 0.717) is 11.3 Å². The Bertz CT molecular complexity index is 990. The Morgan fingerprint density at radius 1 is 1.29 bits per heavy atom. The van der Waals surface area contributed by atoms with Crippen molar-refractivity contribution in [3.05, 3.63) is 58.5 Å². The number of aromatic nitrogens is 2. The standard InChI is InChI=1S/C18H19N3O2S.C2HF3O2/c1-12(8-15-4-3-7-24-15)21-18(22)16-6-5-13(9-17(16)23-2)14-10-19-20-11-14;3-2(4,5)1(6)7/h3-7,9-12H,8H2,1-2H3,(H,19,20)(H,21,22);(H,6,7). The van der Waals surface area contributed by atoms with E-state index in [9.17, 15) is 18.0 Å². The maximum Gasteiger partial charge on any atom is 0.490 e. The van der Waals surface area contributed by atoms with E-state index in [1.807, 2.05) is 30.5 Å². The number of H-pyrrole nitrogens is 1. The summed E-state index contributed by atoms with van der Waals surface area (Å²) in [6.45, 7) is 2.00. The van der Waals surface area contributed by atoms with Crippen LogP contribution in [-0.2, 0) is 11.2 Å². The molecule has 2 aromatic heterocycles. The molecule has 0 bridgehead atoms. The Labute approximate surface area is 179 Å². The third kappa shape index (κ3) is 7.14. The van der Waals surface area contributed by atoms with Crippen molar-refractivity contribution in [3.63, 3.8) is 0 Å². The molecule has 31 heavy (non-hydrogen) atoms. The van der Waals surface area contributed by atoms with Crippen LogP contribution in [0.4, 0.5) is 13.2 Å². The summed E-state index contributed by atoms with van der Waals surface area (Å²) < 4.78 is 37.1. The number of thiophene rings is 1. The van der Waals surface area contributed by atoms with Gasteiger partial charge in [0.1, 0.15) is 5.75 Å². The lowest BCUT2D eigenvalue weighted by Crippen LogP contribution is -2.34. The monoisotopic (exact) mass is 455 g/mol. The van der Waals surface area contributed by atoms with E-state index in [0.717, 1.165) is 17.5 Å². The van der Waals surface area contributed by atoms with Crippen LogP contribution in [0, 0.1) is 0 Å². The van der Waals surface area contributed by atoms with Gasteiger partial charge in [-0.2, -0.15) is 18.3 Å². The molecule has 0 saturated heterocycles. The Balaban J connectivity index is 0.000000423. The van der Waals surface area contributed by atoms with Gasteiger partial charge in [0, 0.05) is 29.1 Å². The van der Waals surface area contributed by atoms with Crippen molar-refractivity contribution in [2.45, 2.75) is 25.6 Å². The fourth-order valence-corrected chi connectivity index (χ4v) is 3.39. The first kappa shape index (κ1) is 23.9. The number of hydrogen-bond donors (Lipinski definition) is 3. The van der Waals surface area contributed by atoms with E-state index in [4.69, 9.17) is 14.6 Å². The number of halogens is 3. The molecule has 11 heteroatoms. The number of methoxy groups -OCH3 is 1. The van der Waals surface area contributed by atoms with Crippen molar-refractivity contribution >= 4 is 23.2 Å². The molecular weight excluding hydrogens is 435 g/mol. The molecule has 7 nitrogen and oxygen atoms in total. The quantitative estimate of drug-likeness (QED) is 0.518. The molecule has 1 amide bonds. The number of aliphatic carboxylic acids is 1. The number of benzene rings is 1. The number of carboxylic acids is 1. The van der Waals surface area contributed by atoms with Crippen LogP contribution in [0.25, 0.3) is 11.1 Å². The van der Waals surface area contributed by atoms with Crippen molar-refractivity contribution in [1.29, 1.82) is 0 Å². The van der Waals surface area contributed by atoms with Crippen LogP contribution >= 0.6 is 11.3 Å². The van der Waals surface area contributed by atoms with E-state index in [2.05, 4.69) is 21.6 Å². The molecule has 0 spiro atoms. The second kappa shape index (κ2) is 10.6. The summed E-state index contributed by atoms with van der Waals surface area (Å²) in [5.41, 5.74) is 2.43. The highest BCUT2D eigenvalue weighted by Gasteiger charge is 2.38. The third-order valence-electron chi connectivity index (χ3n) is 3.99. The summed E-state index contributed by atoms with van der Waals surface area (Å²) in [6.07, 6.45) is -0.728. The van der Waals surface area contributed by atoms with Gasteiger partial charge in [-0.15, -0.1) is 11.3 Å². The zero-order valence-corrected chi connectivity index (χ0v) is 17.4. The number of nitrogens with zero attached hydrogens (tertiary/aromatic N) is 1. The number of amides is 1. The van der Waals surface area contributed by atoms with Gasteiger partial charge in [0.15, 0.2) is 0 Å². The molecule has 1 aromatic carbocycles. The van der Waals surface area contributed by atoms with Gasteiger partial charge < -0.3 is 15.2 Å². The first-order chi connectivity index (χ1) is 14.6. The first-order valence-electron chi connectivity index (χ1n) is 8.92. The highest BCUT2D eigenvalue weighted by molar-refractivity contribution is 7.09. The van der Waals surface area contributed by atoms with Gasteiger partial charge in [-0.1, -0.05) is 12.1 Å². The molecule has 1 unspecified atom stereocenters. The fourth-order valence-electron chi connectivity index (χ4n) is 2.55. The number of aromatic amines is 1. The van der Waals surface area contributed by atoms with Crippen LogP contribution in [0.5, 0.6) is 5.75 Å². The maximum atomic E-state index is 12.6. The van der Waals surface area contributed by atoms with Gasteiger partial charge in [-0.25, -0.2) is 4.79 Å². The number of carbonyl (C=O) groups excluding carboxylic acids is 1. The Hall–Kier alpha value is -3.34. The molecule has 0 saturated carbocycles. The lowest BCUT2D eigenvalue weighted by atomic mass is 10.0. The normalized spacial score (nSPS) is 11.8. The van der Waals surface area contributed by atoms with E-state index in [1.165, 1.54) is 4.88 Å². The number of carboxylic acid groups (broad SMARTS) is 1. The summed E-state index contributed by atoms with van der Waals surface area (Å²) in [7, 11) is 1.57. The number of rotatable bonds is 6. The predicted molar refractivity (Wildman–Crippen MR) is 109 cm³/mol. The summed E-state index contributed by atoms with van der Waals surface area (Å²) in [4.78, 5) is 22.7. The molecule has 0 radical (unpaired) electrons. The van der Waals surface area contributed by atoms with Gasteiger partial charge in [0.05, 0.1) is 18.9 Å². The van der Waals surface area contributed by atoms with Crippen LogP contribution in [0.1, 0.15) is 22.2 Å². The second-order valence-corrected chi connectivity index (χ2v) is 7.40. The molecule has 3 rings (SSSR count). The van der Waals surface area contributed by atoms with Crippen LogP contribution < -0.4 is 10.1 Å². The van der Waals surface area contributed by atoms with Crippen molar-refractivity contribution in [3.8, 4) is 16.9 Å². The van der Waals surface area contributed by atoms with Gasteiger partial charge in [0.2, 0.25) is 0 Å². The van der Waals surface area contributed by atoms with E-state index in [1.54, 1.807) is 36.9 Å². The van der Waals surface area contributed by atoms with Crippen molar-refractivity contribution in [2.24, 2.45) is 0 Å². The van der Waals surface area contributed by atoms with E-state index >= 15 is 0 Å². The van der Waals surface area contributed by atoms with Crippen LogP contribution in [0.2, 0.25) is 0 Å². The van der Waals surface area contributed by atoms with Gasteiger partial charge in [0.25, 0.3) is 5.91 Å². The molecule has 3 aromatic rings. The largest absolute Gasteiger partial charge is 0.496 e. The molecule has 0 aliphatic heterocycles. The Morgan fingerprint density at radius 3 is 2.52 bits per heavy atom. The lowest BCUT2D eigenvalue weighted by molar-refractivity contribution is -0.192. The highest BCUT2D eigenvalue weighted by Crippen LogP contribution is 2.27. The summed E-state index contributed by atoms with van der Waals surface area (Å²) in [5, 5.41) is 18.9. The average Bonchev–Trinajstić information content (AvgIpc) is 3.41. The van der Waals surface area contributed by atoms with Crippen molar-refractivity contribution in [1.82, 2.24) is 15.5 Å². The molecule has 0 aliphatic carbocycles. The van der Waals surface area contributed by atoms with E-state index in [-0.39, 0.29) is 11.9 Å². The molecular formula is C20H20F3N3O4S. The second-order valence-electron chi connectivity index (χ2n) is 6.36. The number of alkyl halides is 3. The molecule has 166 valence electrons. The van der Waals surface area contributed by atoms with Crippen molar-refractivity contribution in [2.75, 3.05) is 7.11 Å². The SMILES string of the molecule is COc1cc(-c2cn[nH]c2)ccc1C(=O)NC(C)Cc1cccs1.O=C(O)C(F)(F)F. The zero-order chi connectivity index (χ0) is 23.0. The molecule has 0 aliphatic rings. The number of hydrogen-bond acceptors (Lipinski definition) is 5. The highest BCUT2D eigenvalue weighted by atomic mass is 32.1. The topological polar surface area (TPSA) is 104 Å². The van der Waals surface area contributed by atoms with Crippen LogP contribution in [0.3, 0.4) is 0 Å². The molecule has 3 N–H and O–H groups in total. The van der Waals surface area contributed by atoms with Gasteiger partial charge in [-0.3, -0.25) is 9.89 Å². The van der Waals surface area contributed by atoms with Gasteiger partial charge >= 0.3 is 12.1 Å². The molecule has 2 heterocycles. The maximum absolute atomic E-state index is 12.6. The first-order valence-corrected chi connectivity index (χ1v) is 9.80. The number of carbonyl (C=O) groups is 2.